The normalized spacial score (nSPS) is 9.68. The monoisotopic (exact) mass is 272 g/mol. The predicted octanol–water partition coefficient (Wildman–Crippen LogP) is 2.44. The Balaban J connectivity index is 2.31. The smallest absolute Gasteiger partial charge is 0.258 e. The van der Waals surface area contributed by atoms with Crippen LogP contribution in [0.15, 0.2) is 36.5 Å². The van der Waals surface area contributed by atoms with Gasteiger partial charge in [0.25, 0.3) is 5.91 Å². The molecule has 1 aromatic carbocycles. The highest BCUT2D eigenvalue weighted by molar-refractivity contribution is 6.33. The first-order chi connectivity index (χ1) is 9.11. The summed E-state index contributed by atoms with van der Waals surface area (Å²) in [6, 6.07) is 10.1. The number of carbonyl (C=O) groups is 1. The van der Waals surface area contributed by atoms with Crippen molar-refractivity contribution < 1.29 is 4.79 Å². The molecule has 0 aliphatic carbocycles. The number of rotatable bonds is 2. The van der Waals surface area contributed by atoms with Crippen LogP contribution in [0.2, 0.25) is 5.15 Å². The second-order valence-corrected chi connectivity index (χ2v) is 4.08. The van der Waals surface area contributed by atoms with Crippen molar-refractivity contribution in [3.05, 3.63) is 52.8 Å². The molecule has 0 atom stereocenters. The molecule has 1 amide bonds. The Morgan fingerprint density at radius 3 is 2.89 bits per heavy atom. The molecule has 1 aromatic heterocycles. The molecule has 19 heavy (non-hydrogen) atoms. The molecule has 3 N–H and O–H groups in total. The maximum Gasteiger partial charge on any atom is 0.258 e. The molecule has 0 radical (unpaired) electrons. The molecule has 2 rings (SSSR count). The van der Waals surface area contributed by atoms with Gasteiger partial charge in [0.2, 0.25) is 0 Å². The number of nitrogens with two attached hydrogens (primary N) is 1. The van der Waals surface area contributed by atoms with Gasteiger partial charge in [0.05, 0.1) is 28.7 Å². The largest absolute Gasteiger partial charge is 0.397 e. The SMILES string of the molecule is N#Cc1ccccc1NC(=O)c1cc(N)cnc1Cl. The number of nitrogen functional groups attached to an aromatic ring is 1. The van der Waals surface area contributed by atoms with E-state index in [9.17, 15) is 4.79 Å². The predicted molar refractivity (Wildman–Crippen MR) is 72.8 cm³/mol. The van der Waals surface area contributed by atoms with Gasteiger partial charge in [0.15, 0.2) is 0 Å². The Morgan fingerprint density at radius 1 is 1.42 bits per heavy atom. The zero-order valence-corrected chi connectivity index (χ0v) is 10.5. The highest BCUT2D eigenvalue weighted by Gasteiger charge is 2.13. The summed E-state index contributed by atoms with van der Waals surface area (Å²) in [4.78, 5) is 15.9. The number of carbonyl (C=O) groups excluding carboxylic acids is 1. The van der Waals surface area contributed by atoms with Gasteiger partial charge in [-0.1, -0.05) is 23.7 Å². The summed E-state index contributed by atoms with van der Waals surface area (Å²) < 4.78 is 0. The third-order valence-corrected chi connectivity index (χ3v) is 2.70. The van der Waals surface area contributed by atoms with E-state index >= 15 is 0 Å². The van der Waals surface area contributed by atoms with Gasteiger partial charge < -0.3 is 11.1 Å². The Kier molecular flexibility index (Phi) is 3.64. The van der Waals surface area contributed by atoms with Gasteiger partial charge in [-0.15, -0.1) is 0 Å². The van der Waals surface area contributed by atoms with Crippen molar-refractivity contribution in [3.8, 4) is 6.07 Å². The summed E-state index contributed by atoms with van der Waals surface area (Å²) >= 11 is 5.84. The van der Waals surface area contributed by atoms with Crippen molar-refractivity contribution in [1.82, 2.24) is 4.98 Å². The lowest BCUT2D eigenvalue weighted by Gasteiger charge is -2.08. The minimum Gasteiger partial charge on any atom is -0.397 e. The van der Waals surface area contributed by atoms with E-state index in [1.807, 2.05) is 6.07 Å². The molecular formula is C13H9ClN4O. The van der Waals surface area contributed by atoms with Crippen LogP contribution in [-0.2, 0) is 0 Å². The molecule has 0 saturated heterocycles. The molecule has 0 bridgehead atoms. The molecule has 0 aliphatic rings. The highest BCUT2D eigenvalue weighted by atomic mass is 35.5. The first-order valence-electron chi connectivity index (χ1n) is 5.33. The molecule has 2 aromatic rings. The summed E-state index contributed by atoms with van der Waals surface area (Å²) in [5, 5.41) is 11.6. The second-order valence-electron chi connectivity index (χ2n) is 3.72. The van der Waals surface area contributed by atoms with Crippen LogP contribution in [0.25, 0.3) is 0 Å². The number of nitriles is 1. The standard InChI is InChI=1S/C13H9ClN4O/c14-12-10(5-9(16)7-17-12)13(19)18-11-4-2-1-3-8(11)6-15/h1-5,7H,16H2,(H,18,19). The molecule has 1 heterocycles. The van der Waals surface area contributed by atoms with E-state index in [2.05, 4.69) is 10.3 Å². The third kappa shape index (κ3) is 2.81. The third-order valence-electron chi connectivity index (χ3n) is 2.40. The lowest BCUT2D eigenvalue weighted by molar-refractivity contribution is 0.102. The van der Waals surface area contributed by atoms with E-state index in [4.69, 9.17) is 22.6 Å². The number of pyridine rings is 1. The van der Waals surface area contributed by atoms with Crippen LogP contribution in [-0.4, -0.2) is 10.9 Å². The fraction of sp³-hybridized carbons (Fsp3) is 0. The van der Waals surface area contributed by atoms with E-state index in [0.29, 0.717) is 16.9 Å². The Hall–Kier alpha value is -2.58. The van der Waals surface area contributed by atoms with Crippen LogP contribution < -0.4 is 11.1 Å². The van der Waals surface area contributed by atoms with Crippen LogP contribution in [0.1, 0.15) is 15.9 Å². The molecule has 0 aliphatic heterocycles. The quantitative estimate of drug-likeness (QED) is 0.821. The average Bonchev–Trinajstić information content (AvgIpc) is 2.42. The summed E-state index contributed by atoms with van der Waals surface area (Å²) in [5.74, 6) is -0.465. The van der Waals surface area contributed by atoms with Gasteiger partial charge >= 0.3 is 0 Å². The Morgan fingerprint density at radius 2 is 2.16 bits per heavy atom. The van der Waals surface area contributed by atoms with Gasteiger partial charge in [-0.2, -0.15) is 5.26 Å². The number of nitrogens with one attached hydrogen (secondary N) is 1. The number of halogens is 1. The van der Waals surface area contributed by atoms with Crippen LogP contribution in [0, 0.1) is 11.3 Å². The summed E-state index contributed by atoms with van der Waals surface area (Å²) in [5.41, 5.74) is 6.83. The number of hydrogen-bond donors (Lipinski definition) is 2. The molecule has 0 unspecified atom stereocenters. The molecule has 6 heteroatoms. The van der Waals surface area contributed by atoms with E-state index in [0.717, 1.165) is 0 Å². The van der Waals surface area contributed by atoms with Gasteiger partial charge in [-0.05, 0) is 18.2 Å². The fourth-order valence-corrected chi connectivity index (χ4v) is 1.69. The molecule has 0 fully saturated rings. The minimum atomic E-state index is -0.465. The molecule has 0 spiro atoms. The highest BCUT2D eigenvalue weighted by Crippen LogP contribution is 2.19. The first kappa shape index (κ1) is 12.9. The van der Waals surface area contributed by atoms with E-state index in [-0.39, 0.29) is 10.7 Å². The van der Waals surface area contributed by atoms with Gasteiger partial charge in [0.1, 0.15) is 11.2 Å². The number of aromatic nitrogens is 1. The van der Waals surface area contributed by atoms with Crippen LogP contribution in [0.4, 0.5) is 11.4 Å². The van der Waals surface area contributed by atoms with Gasteiger partial charge in [0, 0.05) is 0 Å². The summed E-state index contributed by atoms with van der Waals surface area (Å²) in [6.07, 6.45) is 1.36. The van der Waals surface area contributed by atoms with Crippen LogP contribution in [0.5, 0.6) is 0 Å². The van der Waals surface area contributed by atoms with Gasteiger partial charge in [-0.3, -0.25) is 4.79 Å². The topological polar surface area (TPSA) is 91.8 Å². The number of nitrogens with zero attached hydrogens (tertiary/aromatic N) is 2. The Labute approximate surface area is 114 Å². The number of amides is 1. The molecule has 0 saturated carbocycles. The van der Waals surface area contributed by atoms with Crippen LogP contribution >= 0.6 is 11.6 Å². The lowest BCUT2D eigenvalue weighted by atomic mass is 10.2. The van der Waals surface area contributed by atoms with Crippen molar-refractivity contribution >= 4 is 28.9 Å². The van der Waals surface area contributed by atoms with E-state index in [1.165, 1.54) is 12.3 Å². The maximum atomic E-state index is 12.1. The number of anilines is 2. The lowest BCUT2D eigenvalue weighted by Crippen LogP contribution is -2.14. The zero-order valence-electron chi connectivity index (χ0n) is 9.72. The van der Waals surface area contributed by atoms with E-state index < -0.39 is 5.91 Å². The van der Waals surface area contributed by atoms with Crippen molar-refractivity contribution in [2.45, 2.75) is 0 Å². The van der Waals surface area contributed by atoms with Crippen LogP contribution in [0.3, 0.4) is 0 Å². The molecule has 5 nitrogen and oxygen atoms in total. The van der Waals surface area contributed by atoms with Crippen molar-refractivity contribution in [3.63, 3.8) is 0 Å². The molecule has 94 valence electrons. The zero-order chi connectivity index (χ0) is 13.8. The number of hydrogen-bond acceptors (Lipinski definition) is 4. The number of benzene rings is 1. The second kappa shape index (κ2) is 5.38. The van der Waals surface area contributed by atoms with Crippen molar-refractivity contribution in [2.24, 2.45) is 0 Å². The maximum absolute atomic E-state index is 12.1. The number of para-hydroxylation sites is 1. The van der Waals surface area contributed by atoms with E-state index in [1.54, 1.807) is 24.3 Å². The van der Waals surface area contributed by atoms with Crippen molar-refractivity contribution in [1.29, 1.82) is 5.26 Å². The molecular weight excluding hydrogens is 264 g/mol. The fourth-order valence-electron chi connectivity index (χ4n) is 1.50. The summed E-state index contributed by atoms with van der Waals surface area (Å²) in [6.45, 7) is 0. The van der Waals surface area contributed by atoms with Gasteiger partial charge in [-0.25, -0.2) is 4.98 Å². The Bertz CT molecular complexity index is 679. The van der Waals surface area contributed by atoms with Crippen molar-refractivity contribution in [2.75, 3.05) is 11.1 Å². The minimum absolute atomic E-state index is 0.0566. The average molecular weight is 273 g/mol. The first-order valence-corrected chi connectivity index (χ1v) is 5.71. The summed E-state index contributed by atoms with van der Waals surface area (Å²) in [7, 11) is 0.